The molecule has 0 aliphatic carbocycles. The molecule has 7 nitrogen and oxygen atoms in total. The van der Waals surface area contributed by atoms with E-state index in [0.29, 0.717) is 23.0 Å². The van der Waals surface area contributed by atoms with Gasteiger partial charge >= 0.3 is 5.97 Å². The molecule has 0 radical (unpaired) electrons. The van der Waals surface area contributed by atoms with E-state index >= 15 is 0 Å². The van der Waals surface area contributed by atoms with Crippen molar-refractivity contribution >= 4 is 29.4 Å². The van der Waals surface area contributed by atoms with Gasteiger partial charge in [-0.3, -0.25) is 4.79 Å². The van der Waals surface area contributed by atoms with Crippen LogP contribution in [0.3, 0.4) is 0 Å². The molecular weight excluding hydrogens is 380 g/mol. The molecule has 28 heavy (non-hydrogen) atoms. The number of benzene rings is 1. The molecule has 8 heteroatoms. The maximum atomic E-state index is 11.9. The topological polar surface area (TPSA) is 111 Å². The van der Waals surface area contributed by atoms with Gasteiger partial charge in [0.25, 0.3) is 0 Å². The second kappa shape index (κ2) is 9.53. The molecule has 0 atom stereocenters. The number of aryl methyl sites for hydroxylation is 1. The van der Waals surface area contributed by atoms with Crippen molar-refractivity contribution in [1.82, 2.24) is 9.78 Å². The Bertz CT molecular complexity index is 981. The number of aromatic nitrogens is 2. The van der Waals surface area contributed by atoms with Gasteiger partial charge < -0.3 is 10.5 Å². The van der Waals surface area contributed by atoms with E-state index in [4.69, 9.17) is 27.3 Å². The van der Waals surface area contributed by atoms with Crippen LogP contribution in [0.2, 0.25) is 5.15 Å². The summed E-state index contributed by atoms with van der Waals surface area (Å²) in [6, 6.07) is 11.4. The third-order valence-electron chi connectivity index (χ3n) is 3.80. The smallest absolute Gasteiger partial charge is 0.331 e. The Kier molecular flexibility index (Phi) is 7.13. The third-order valence-corrected chi connectivity index (χ3v) is 4.20. The van der Waals surface area contributed by atoms with Crippen LogP contribution in [0, 0.1) is 18.3 Å². The predicted octanol–water partition coefficient (Wildman–Crippen LogP) is 2.78. The van der Waals surface area contributed by atoms with E-state index in [-0.39, 0.29) is 11.3 Å². The van der Waals surface area contributed by atoms with E-state index < -0.39 is 18.4 Å². The Morgan fingerprint density at radius 1 is 1.36 bits per heavy atom. The van der Waals surface area contributed by atoms with Gasteiger partial charge in [-0.15, -0.1) is 0 Å². The maximum absolute atomic E-state index is 11.9. The lowest BCUT2D eigenvalue weighted by atomic mass is 10.1. The molecule has 2 aromatic rings. The summed E-state index contributed by atoms with van der Waals surface area (Å²) >= 11 is 6.37. The van der Waals surface area contributed by atoms with Crippen molar-refractivity contribution in [2.24, 2.45) is 5.73 Å². The van der Waals surface area contributed by atoms with Crippen molar-refractivity contribution in [2.75, 3.05) is 6.61 Å². The van der Waals surface area contributed by atoms with Crippen LogP contribution >= 0.6 is 11.6 Å². The van der Waals surface area contributed by atoms with Gasteiger partial charge in [-0.05, 0) is 25.5 Å². The number of ketones is 1. The number of nitrogens with two attached hydrogens (primary N) is 1. The minimum absolute atomic E-state index is 0.0762. The number of allylic oxidation sites excluding steroid dienone is 1. The largest absolute Gasteiger partial charge is 0.454 e. The van der Waals surface area contributed by atoms with Gasteiger partial charge in [-0.25, -0.2) is 9.48 Å². The Balaban J connectivity index is 2.04. The van der Waals surface area contributed by atoms with Gasteiger partial charge in [0.15, 0.2) is 6.61 Å². The molecule has 0 aliphatic rings. The predicted molar refractivity (Wildman–Crippen MR) is 105 cm³/mol. The Morgan fingerprint density at radius 2 is 2.04 bits per heavy atom. The van der Waals surface area contributed by atoms with Gasteiger partial charge in [-0.2, -0.15) is 10.4 Å². The first-order chi connectivity index (χ1) is 13.3. The summed E-state index contributed by atoms with van der Waals surface area (Å²) in [6.45, 7) is 3.13. The monoisotopic (exact) mass is 398 g/mol. The molecule has 0 fully saturated rings. The average molecular weight is 399 g/mol. The minimum atomic E-state index is -0.744. The fourth-order valence-electron chi connectivity index (χ4n) is 2.40. The number of Topliss-reactive ketones (excluding diaryl/α,β-unsaturated/α-hetero) is 1. The molecule has 0 bridgehead atoms. The van der Waals surface area contributed by atoms with Crippen LogP contribution in [0.25, 0.3) is 6.08 Å². The second-order valence-corrected chi connectivity index (χ2v) is 6.33. The summed E-state index contributed by atoms with van der Waals surface area (Å²) in [5.41, 5.74) is 7.56. The van der Waals surface area contributed by atoms with Gasteiger partial charge in [0.1, 0.15) is 16.8 Å². The lowest BCUT2D eigenvalue weighted by Gasteiger charge is -2.03. The van der Waals surface area contributed by atoms with Crippen LogP contribution in [0.5, 0.6) is 0 Å². The number of hydrogen-bond acceptors (Lipinski definition) is 6. The summed E-state index contributed by atoms with van der Waals surface area (Å²) in [6.07, 6.45) is 2.63. The first-order valence-electron chi connectivity index (χ1n) is 8.34. The number of rotatable bonds is 7. The number of hydrogen-bond donors (Lipinski definition) is 1. The highest BCUT2D eigenvalue weighted by molar-refractivity contribution is 6.31. The number of halogens is 1. The Morgan fingerprint density at radius 3 is 2.64 bits per heavy atom. The Hall–Kier alpha value is -3.37. The van der Waals surface area contributed by atoms with Crippen molar-refractivity contribution in [3.05, 3.63) is 69.7 Å². The van der Waals surface area contributed by atoms with Crippen LogP contribution < -0.4 is 5.73 Å². The number of nitriles is 1. The molecule has 2 N–H and O–H groups in total. The highest BCUT2D eigenvalue weighted by Gasteiger charge is 2.14. The standard InChI is InChI=1S/C20H19ClN4O3/c1-13(23)17(10-22)18(26)12-28-19(27)9-8-16-14(2)24-25(20(16)21)11-15-6-4-3-5-7-15/h3-9H,11-12,23H2,1-2H3/b9-8+,17-13+. The van der Waals surface area contributed by atoms with Crippen LogP contribution in [-0.2, 0) is 20.9 Å². The first kappa shape index (κ1) is 20.9. The van der Waals surface area contributed by atoms with Gasteiger partial charge in [0, 0.05) is 17.3 Å². The molecule has 0 unspecified atom stereocenters. The number of nitrogens with zero attached hydrogens (tertiary/aromatic N) is 3. The Labute approximate surface area is 167 Å². The number of esters is 1. The van der Waals surface area contributed by atoms with Crippen LogP contribution in [0.4, 0.5) is 0 Å². The molecule has 0 aliphatic heterocycles. The highest BCUT2D eigenvalue weighted by Crippen LogP contribution is 2.22. The molecule has 0 amide bonds. The van der Waals surface area contributed by atoms with Crippen LogP contribution in [0.1, 0.15) is 23.7 Å². The molecular formula is C20H19ClN4O3. The zero-order valence-corrected chi connectivity index (χ0v) is 16.2. The zero-order chi connectivity index (χ0) is 20.7. The van der Waals surface area contributed by atoms with Crippen molar-refractivity contribution in [3.8, 4) is 6.07 Å². The molecule has 1 heterocycles. The van der Waals surface area contributed by atoms with Crippen molar-refractivity contribution in [2.45, 2.75) is 20.4 Å². The fourth-order valence-corrected chi connectivity index (χ4v) is 2.69. The lowest BCUT2D eigenvalue weighted by molar-refractivity contribution is -0.141. The highest BCUT2D eigenvalue weighted by atomic mass is 35.5. The minimum Gasteiger partial charge on any atom is -0.454 e. The van der Waals surface area contributed by atoms with Crippen LogP contribution in [-0.4, -0.2) is 28.1 Å². The third kappa shape index (κ3) is 5.32. The SMILES string of the molecule is C/C(N)=C(/C#N)C(=O)COC(=O)/C=C/c1c(C)nn(Cc2ccccc2)c1Cl. The van der Waals surface area contributed by atoms with E-state index in [1.807, 2.05) is 30.3 Å². The molecule has 0 saturated carbocycles. The normalized spacial score (nSPS) is 11.8. The number of carbonyl (C=O) groups is 2. The maximum Gasteiger partial charge on any atom is 0.331 e. The first-order valence-corrected chi connectivity index (χ1v) is 8.72. The lowest BCUT2D eigenvalue weighted by Crippen LogP contribution is -2.16. The van der Waals surface area contributed by atoms with Crippen molar-refractivity contribution < 1.29 is 14.3 Å². The summed E-state index contributed by atoms with van der Waals surface area (Å²) in [5, 5.41) is 13.6. The summed E-state index contributed by atoms with van der Waals surface area (Å²) in [5.74, 6) is -1.40. The molecule has 1 aromatic carbocycles. The molecule has 1 aromatic heterocycles. The molecule has 0 spiro atoms. The van der Waals surface area contributed by atoms with Crippen molar-refractivity contribution in [3.63, 3.8) is 0 Å². The summed E-state index contributed by atoms with van der Waals surface area (Å²) in [7, 11) is 0. The van der Waals surface area contributed by atoms with Crippen LogP contribution in [0.15, 0.2) is 47.7 Å². The van der Waals surface area contributed by atoms with E-state index in [1.165, 1.54) is 13.0 Å². The van der Waals surface area contributed by atoms with Crippen molar-refractivity contribution in [1.29, 1.82) is 5.26 Å². The zero-order valence-electron chi connectivity index (χ0n) is 15.5. The van der Waals surface area contributed by atoms with E-state index in [1.54, 1.807) is 17.7 Å². The van der Waals surface area contributed by atoms with E-state index in [2.05, 4.69) is 5.10 Å². The quantitative estimate of drug-likeness (QED) is 0.436. The van der Waals surface area contributed by atoms with Gasteiger partial charge in [0.05, 0.1) is 12.2 Å². The average Bonchev–Trinajstić information content (AvgIpc) is 2.92. The van der Waals surface area contributed by atoms with E-state index in [0.717, 1.165) is 11.6 Å². The number of carbonyl (C=O) groups excluding carboxylic acids is 2. The summed E-state index contributed by atoms with van der Waals surface area (Å²) in [4.78, 5) is 23.6. The van der Waals surface area contributed by atoms with Gasteiger partial charge in [-0.1, -0.05) is 41.9 Å². The fraction of sp³-hybridized carbons (Fsp3) is 0.200. The van der Waals surface area contributed by atoms with E-state index in [9.17, 15) is 9.59 Å². The molecule has 2 rings (SSSR count). The summed E-state index contributed by atoms with van der Waals surface area (Å²) < 4.78 is 6.49. The number of ether oxygens (including phenoxy) is 1. The molecule has 144 valence electrons. The second-order valence-electron chi connectivity index (χ2n) is 5.97. The van der Waals surface area contributed by atoms with Gasteiger partial charge in [0.2, 0.25) is 5.78 Å². The molecule has 0 saturated heterocycles.